The Kier molecular flexibility index (Phi) is 6.86. The first-order valence-electron chi connectivity index (χ1n) is 9.18. The summed E-state index contributed by atoms with van der Waals surface area (Å²) in [5.74, 6) is 1.87. The third-order valence-corrected chi connectivity index (χ3v) is 5.63. The average Bonchev–Trinajstić information content (AvgIpc) is 2.81. The molecule has 2 N–H and O–H groups in total. The van der Waals surface area contributed by atoms with E-state index in [9.17, 15) is 10.5 Å². The molecule has 8 heteroatoms. The molecule has 0 aliphatic heterocycles. The van der Waals surface area contributed by atoms with Crippen LogP contribution in [0, 0.1) is 22.7 Å². The number of methoxy groups -OCH3 is 3. The molecule has 0 spiro atoms. The van der Waals surface area contributed by atoms with Gasteiger partial charge in [0.1, 0.15) is 28.5 Å². The van der Waals surface area contributed by atoms with E-state index in [2.05, 4.69) is 17.1 Å². The summed E-state index contributed by atoms with van der Waals surface area (Å²) in [5, 5.41) is 20.2. The molecular weight excluding hydrogens is 412 g/mol. The third-order valence-electron chi connectivity index (χ3n) is 4.59. The van der Waals surface area contributed by atoms with Gasteiger partial charge in [-0.3, -0.25) is 0 Å². The number of hydrogen-bond acceptors (Lipinski definition) is 8. The van der Waals surface area contributed by atoms with Gasteiger partial charge in [-0.25, -0.2) is 4.98 Å². The van der Waals surface area contributed by atoms with E-state index in [4.69, 9.17) is 19.9 Å². The van der Waals surface area contributed by atoms with Crippen molar-refractivity contribution in [3.63, 3.8) is 0 Å². The number of nitriles is 2. The van der Waals surface area contributed by atoms with Gasteiger partial charge in [0.25, 0.3) is 0 Å². The minimum atomic E-state index is 0.0563. The lowest BCUT2D eigenvalue weighted by Crippen LogP contribution is -2.04. The standard InChI is InChI=1S/C23H20N4O3S/c1-28-18-9-15(10-19(29-2)21(18)30-3)20-16(11-24)22(26)27-23(17(20)12-25)31-13-14-7-5-4-6-8-14/h4-10H,13H2,1-3H3,(H2,26,27). The van der Waals surface area contributed by atoms with Crippen molar-refractivity contribution >= 4 is 17.6 Å². The Hall–Kier alpha value is -3.88. The van der Waals surface area contributed by atoms with E-state index in [1.54, 1.807) is 12.1 Å². The van der Waals surface area contributed by atoms with Gasteiger partial charge in [-0.2, -0.15) is 10.5 Å². The number of nitrogen functional groups attached to an aromatic ring is 1. The van der Waals surface area contributed by atoms with Crippen molar-refractivity contribution in [3.8, 4) is 40.5 Å². The van der Waals surface area contributed by atoms with Crippen molar-refractivity contribution < 1.29 is 14.2 Å². The summed E-state index contributed by atoms with van der Waals surface area (Å²) in [6.07, 6.45) is 0. The molecule has 31 heavy (non-hydrogen) atoms. The maximum atomic E-state index is 9.98. The van der Waals surface area contributed by atoms with E-state index < -0.39 is 0 Å². The van der Waals surface area contributed by atoms with Crippen LogP contribution in [0.4, 0.5) is 5.82 Å². The van der Waals surface area contributed by atoms with Crippen LogP contribution in [0.5, 0.6) is 17.2 Å². The molecule has 0 saturated carbocycles. The maximum absolute atomic E-state index is 9.98. The molecule has 0 fully saturated rings. The molecule has 0 atom stereocenters. The lowest BCUT2D eigenvalue weighted by molar-refractivity contribution is 0.324. The van der Waals surface area contributed by atoms with Gasteiger partial charge in [0.05, 0.1) is 26.9 Å². The summed E-state index contributed by atoms with van der Waals surface area (Å²) in [7, 11) is 4.50. The van der Waals surface area contributed by atoms with Crippen molar-refractivity contribution in [3.05, 3.63) is 59.2 Å². The van der Waals surface area contributed by atoms with E-state index in [0.29, 0.717) is 39.2 Å². The number of anilines is 1. The average molecular weight is 433 g/mol. The summed E-state index contributed by atoms with van der Waals surface area (Å²) in [6.45, 7) is 0. The zero-order valence-corrected chi connectivity index (χ0v) is 18.1. The van der Waals surface area contributed by atoms with E-state index in [1.165, 1.54) is 33.1 Å². The molecule has 2 aromatic carbocycles. The Morgan fingerprint density at radius 3 is 2.06 bits per heavy atom. The van der Waals surface area contributed by atoms with Crippen LogP contribution < -0.4 is 19.9 Å². The highest BCUT2D eigenvalue weighted by Gasteiger charge is 2.23. The van der Waals surface area contributed by atoms with Gasteiger partial charge in [0, 0.05) is 11.3 Å². The minimum absolute atomic E-state index is 0.0563. The van der Waals surface area contributed by atoms with E-state index >= 15 is 0 Å². The van der Waals surface area contributed by atoms with Crippen LogP contribution in [0.15, 0.2) is 47.5 Å². The van der Waals surface area contributed by atoms with Crippen molar-refractivity contribution in [1.29, 1.82) is 10.5 Å². The summed E-state index contributed by atoms with van der Waals surface area (Å²) in [4.78, 5) is 4.34. The number of pyridine rings is 1. The van der Waals surface area contributed by atoms with Gasteiger partial charge in [-0.1, -0.05) is 30.3 Å². The topological polar surface area (TPSA) is 114 Å². The van der Waals surface area contributed by atoms with Crippen LogP contribution in [0.3, 0.4) is 0 Å². The molecule has 0 saturated heterocycles. The van der Waals surface area contributed by atoms with Crippen molar-refractivity contribution in [2.24, 2.45) is 0 Å². The Morgan fingerprint density at radius 2 is 1.55 bits per heavy atom. The number of thioether (sulfide) groups is 1. The number of ether oxygens (including phenoxy) is 3. The largest absolute Gasteiger partial charge is 0.493 e. The second kappa shape index (κ2) is 9.75. The number of rotatable bonds is 7. The van der Waals surface area contributed by atoms with Gasteiger partial charge < -0.3 is 19.9 Å². The molecule has 0 aliphatic rings. The third kappa shape index (κ3) is 4.35. The van der Waals surface area contributed by atoms with Crippen LogP contribution in [-0.4, -0.2) is 26.3 Å². The lowest BCUT2D eigenvalue weighted by atomic mass is 9.96. The zero-order valence-electron chi connectivity index (χ0n) is 17.3. The molecule has 3 rings (SSSR count). The number of aromatic nitrogens is 1. The fraction of sp³-hybridized carbons (Fsp3) is 0.174. The molecule has 7 nitrogen and oxygen atoms in total. The highest BCUT2D eigenvalue weighted by atomic mass is 32.2. The van der Waals surface area contributed by atoms with Gasteiger partial charge in [0.15, 0.2) is 11.5 Å². The molecule has 156 valence electrons. The fourth-order valence-corrected chi connectivity index (χ4v) is 4.09. The molecule has 3 aromatic rings. The summed E-state index contributed by atoms with van der Waals surface area (Å²) < 4.78 is 16.2. The highest BCUT2D eigenvalue weighted by molar-refractivity contribution is 7.98. The number of nitrogens with zero attached hydrogens (tertiary/aromatic N) is 3. The van der Waals surface area contributed by atoms with Crippen LogP contribution in [0.1, 0.15) is 16.7 Å². The first-order chi connectivity index (χ1) is 15.1. The second-order valence-corrected chi connectivity index (χ2v) is 7.30. The SMILES string of the molecule is COc1cc(-c2c(C#N)c(N)nc(SCc3ccccc3)c2C#N)cc(OC)c1OC. The second-order valence-electron chi connectivity index (χ2n) is 6.34. The number of benzene rings is 2. The molecule has 1 heterocycles. The van der Waals surface area contributed by atoms with Crippen LogP contribution in [-0.2, 0) is 5.75 Å². The normalized spacial score (nSPS) is 10.1. The van der Waals surface area contributed by atoms with Crippen molar-refractivity contribution in [2.45, 2.75) is 10.8 Å². The molecular formula is C23H20N4O3S. The molecule has 0 aliphatic carbocycles. The number of hydrogen-bond donors (Lipinski definition) is 1. The van der Waals surface area contributed by atoms with Gasteiger partial charge >= 0.3 is 0 Å². The van der Waals surface area contributed by atoms with Gasteiger partial charge in [-0.05, 0) is 23.3 Å². The highest BCUT2D eigenvalue weighted by Crippen LogP contribution is 2.44. The summed E-state index contributed by atoms with van der Waals surface area (Å²) in [5.41, 5.74) is 8.50. The van der Waals surface area contributed by atoms with Crippen LogP contribution in [0.2, 0.25) is 0 Å². The molecule has 0 radical (unpaired) electrons. The Morgan fingerprint density at radius 1 is 0.935 bits per heavy atom. The molecule has 0 bridgehead atoms. The predicted molar refractivity (Wildman–Crippen MR) is 119 cm³/mol. The monoisotopic (exact) mass is 432 g/mol. The fourth-order valence-electron chi connectivity index (χ4n) is 3.14. The summed E-state index contributed by atoms with van der Waals surface area (Å²) in [6, 6.07) is 17.5. The van der Waals surface area contributed by atoms with Gasteiger partial charge in [0.2, 0.25) is 5.75 Å². The van der Waals surface area contributed by atoms with E-state index in [0.717, 1.165) is 5.56 Å². The Balaban J connectivity index is 2.21. The van der Waals surface area contributed by atoms with Crippen molar-refractivity contribution in [2.75, 3.05) is 27.1 Å². The maximum Gasteiger partial charge on any atom is 0.203 e. The van der Waals surface area contributed by atoms with Crippen LogP contribution in [0.25, 0.3) is 11.1 Å². The quantitative estimate of drug-likeness (QED) is 0.547. The predicted octanol–water partition coefficient (Wildman–Crippen LogP) is 4.39. The van der Waals surface area contributed by atoms with Gasteiger partial charge in [-0.15, -0.1) is 11.8 Å². The molecule has 0 amide bonds. The molecule has 1 aromatic heterocycles. The first kappa shape index (κ1) is 21.8. The number of nitrogens with two attached hydrogens (primary N) is 1. The summed E-state index contributed by atoms with van der Waals surface area (Å²) >= 11 is 1.38. The molecule has 0 unspecified atom stereocenters. The smallest absolute Gasteiger partial charge is 0.203 e. The first-order valence-corrected chi connectivity index (χ1v) is 10.2. The Labute approximate surface area is 185 Å². The van der Waals surface area contributed by atoms with Crippen molar-refractivity contribution in [1.82, 2.24) is 4.98 Å². The Bertz CT molecular complexity index is 1160. The zero-order chi connectivity index (χ0) is 22.4. The van der Waals surface area contributed by atoms with E-state index in [1.807, 2.05) is 30.3 Å². The minimum Gasteiger partial charge on any atom is -0.493 e. The van der Waals surface area contributed by atoms with Crippen LogP contribution >= 0.6 is 11.8 Å². The van der Waals surface area contributed by atoms with E-state index in [-0.39, 0.29) is 16.9 Å². The lowest BCUT2D eigenvalue weighted by Gasteiger charge is -2.17.